The van der Waals surface area contributed by atoms with Crippen LogP contribution in [0, 0.1) is 13.8 Å². The van der Waals surface area contributed by atoms with Crippen molar-refractivity contribution in [2.24, 2.45) is 5.16 Å². The molecule has 0 radical (unpaired) electrons. The number of aromatic nitrogens is 4. The molecule has 1 aliphatic rings. The van der Waals surface area contributed by atoms with Crippen molar-refractivity contribution in [3.8, 4) is 0 Å². The third-order valence-electron chi connectivity index (χ3n) is 6.91. The minimum atomic E-state index is -0.335. The Morgan fingerprint density at radius 1 is 1.19 bits per heavy atom. The predicted octanol–water partition coefficient (Wildman–Crippen LogP) is 4.75. The van der Waals surface area contributed by atoms with Crippen LogP contribution in [0.4, 0.5) is 5.69 Å². The van der Waals surface area contributed by atoms with E-state index in [0.29, 0.717) is 12.1 Å². The Morgan fingerprint density at radius 3 is 2.78 bits per heavy atom. The molecule has 0 saturated carbocycles. The van der Waals surface area contributed by atoms with Crippen LogP contribution in [0.25, 0.3) is 0 Å². The molecule has 0 fully saturated rings. The number of aliphatic hydroxyl groups excluding tert-OH is 1. The van der Waals surface area contributed by atoms with Crippen molar-refractivity contribution in [3.05, 3.63) is 70.8 Å². The largest absolute Gasteiger partial charge is 0.394 e. The van der Waals surface area contributed by atoms with E-state index in [0.717, 1.165) is 42.9 Å². The minimum absolute atomic E-state index is 0.0154. The number of aryl methyl sites for hydroxylation is 3. The van der Waals surface area contributed by atoms with E-state index in [4.69, 9.17) is 9.82 Å². The number of hydrogen-bond donors (Lipinski definition) is 1. The second-order valence-corrected chi connectivity index (χ2v) is 9.77. The normalized spacial score (nSPS) is 15.8. The highest BCUT2D eigenvalue weighted by Crippen LogP contribution is 2.27. The summed E-state index contributed by atoms with van der Waals surface area (Å²) in [5.41, 5.74) is 7.62. The van der Waals surface area contributed by atoms with Gasteiger partial charge in [0.25, 0.3) is 0 Å². The summed E-state index contributed by atoms with van der Waals surface area (Å²) >= 11 is 0. The molecule has 1 aromatic carbocycles. The fourth-order valence-electron chi connectivity index (χ4n) is 4.49. The van der Waals surface area contributed by atoms with E-state index in [1.54, 1.807) is 4.68 Å². The maximum absolute atomic E-state index is 9.89. The van der Waals surface area contributed by atoms with Gasteiger partial charge in [-0.05, 0) is 70.6 Å². The van der Waals surface area contributed by atoms with Gasteiger partial charge >= 0.3 is 0 Å². The topological polar surface area (TPSA) is 88.7 Å². The van der Waals surface area contributed by atoms with Gasteiger partial charge < -0.3 is 14.8 Å². The van der Waals surface area contributed by atoms with Crippen molar-refractivity contribution >= 4 is 11.4 Å². The van der Waals surface area contributed by atoms with Gasteiger partial charge in [-0.1, -0.05) is 40.7 Å². The quantitative estimate of drug-likeness (QED) is 0.326. The minimum Gasteiger partial charge on any atom is -0.394 e. The third kappa shape index (κ3) is 6.49. The molecular formula is C28H38N6O2. The zero-order chi connectivity index (χ0) is 25.5. The van der Waals surface area contributed by atoms with Gasteiger partial charge in [0.05, 0.1) is 35.9 Å². The molecule has 0 unspecified atom stereocenters. The first-order chi connectivity index (χ1) is 17.4. The molecule has 36 heavy (non-hydrogen) atoms. The second-order valence-electron chi connectivity index (χ2n) is 9.77. The lowest BCUT2D eigenvalue weighted by Crippen LogP contribution is -2.27. The summed E-state index contributed by atoms with van der Waals surface area (Å²) in [7, 11) is 0. The monoisotopic (exact) mass is 490 g/mol. The zero-order valence-electron chi connectivity index (χ0n) is 21.9. The van der Waals surface area contributed by atoms with Gasteiger partial charge in [-0.3, -0.25) is 4.98 Å². The summed E-state index contributed by atoms with van der Waals surface area (Å²) in [4.78, 5) is 13.1. The molecular weight excluding hydrogens is 452 g/mol. The molecule has 0 aliphatic carbocycles. The molecule has 0 saturated heterocycles. The first-order valence-corrected chi connectivity index (χ1v) is 12.9. The average molecular weight is 491 g/mol. The molecule has 8 nitrogen and oxygen atoms in total. The van der Waals surface area contributed by atoms with Gasteiger partial charge in [-0.2, -0.15) is 0 Å². The molecule has 3 heterocycles. The Morgan fingerprint density at radius 2 is 2.00 bits per heavy atom. The molecule has 192 valence electrons. The number of pyridine rings is 1. The summed E-state index contributed by atoms with van der Waals surface area (Å²) in [5.74, 6) is 0. The Balaban J connectivity index is 1.33. The van der Waals surface area contributed by atoms with Crippen molar-refractivity contribution < 1.29 is 9.94 Å². The first-order valence-electron chi connectivity index (χ1n) is 12.9. The number of hydrogen-bond acceptors (Lipinski definition) is 7. The molecule has 8 heteroatoms. The van der Waals surface area contributed by atoms with Crippen LogP contribution in [-0.2, 0) is 17.7 Å². The van der Waals surface area contributed by atoms with Crippen molar-refractivity contribution in [1.82, 2.24) is 20.0 Å². The van der Waals surface area contributed by atoms with E-state index in [1.165, 1.54) is 29.8 Å². The highest BCUT2D eigenvalue weighted by molar-refractivity contribution is 5.81. The van der Waals surface area contributed by atoms with Crippen molar-refractivity contribution in [3.63, 3.8) is 0 Å². The van der Waals surface area contributed by atoms with E-state index >= 15 is 0 Å². The maximum Gasteiger partial charge on any atom is 0.169 e. The van der Waals surface area contributed by atoms with Crippen LogP contribution < -0.4 is 4.90 Å². The lowest BCUT2D eigenvalue weighted by molar-refractivity contribution is 0.0685. The Labute approximate surface area is 214 Å². The van der Waals surface area contributed by atoms with Crippen LogP contribution in [0.2, 0.25) is 0 Å². The standard InChI is InChI=1S/C28H38N6O2/c1-20-16-28-26(29-22(20)3)12-8-9-14-33(28)15-13-21(2)31-36-23(4)27-18-34(32-30-27)25(19-35)17-24-10-6-5-7-11-24/h5-7,10-11,16,18,23,25,35H,8-9,12-15,17,19H2,1-4H3/b31-21-/t23-,25-/m0/s1. The van der Waals surface area contributed by atoms with E-state index in [-0.39, 0.29) is 18.8 Å². The Kier molecular flexibility index (Phi) is 8.70. The van der Waals surface area contributed by atoms with Crippen molar-refractivity contribution in [2.45, 2.75) is 71.9 Å². The Bertz CT molecular complexity index is 1160. The van der Waals surface area contributed by atoms with Crippen LogP contribution in [0.15, 0.2) is 47.8 Å². The maximum atomic E-state index is 9.89. The van der Waals surface area contributed by atoms with Crippen LogP contribution in [0.3, 0.4) is 0 Å². The number of fused-ring (bicyclic) bond motifs is 1. The molecule has 0 spiro atoms. The zero-order valence-corrected chi connectivity index (χ0v) is 21.9. The molecule has 4 rings (SSSR count). The van der Waals surface area contributed by atoms with E-state index in [9.17, 15) is 5.11 Å². The van der Waals surface area contributed by atoms with E-state index in [2.05, 4.69) is 40.3 Å². The van der Waals surface area contributed by atoms with Crippen LogP contribution in [-0.4, -0.2) is 50.5 Å². The van der Waals surface area contributed by atoms with Crippen LogP contribution in [0.5, 0.6) is 0 Å². The molecule has 1 N–H and O–H groups in total. The van der Waals surface area contributed by atoms with Crippen molar-refractivity contribution in [2.75, 3.05) is 24.6 Å². The van der Waals surface area contributed by atoms with Gasteiger partial charge in [0.15, 0.2) is 6.10 Å². The fourth-order valence-corrected chi connectivity index (χ4v) is 4.49. The SMILES string of the molecule is C/C(CCN1CCCCc2nc(C)c(C)cc21)=N/O[C@@H](C)c1cn([C@H](CO)Cc2ccccc2)nn1. The number of benzene rings is 1. The number of nitrogens with zero attached hydrogens (tertiary/aromatic N) is 6. The van der Waals surface area contributed by atoms with E-state index in [1.807, 2.05) is 50.4 Å². The highest BCUT2D eigenvalue weighted by atomic mass is 16.6. The predicted molar refractivity (Wildman–Crippen MR) is 142 cm³/mol. The molecule has 1 aliphatic heterocycles. The van der Waals surface area contributed by atoms with E-state index < -0.39 is 0 Å². The lowest BCUT2D eigenvalue weighted by Gasteiger charge is -2.25. The number of aliphatic hydroxyl groups is 1. The van der Waals surface area contributed by atoms with Gasteiger partial charge in [0.1, 0.15) is 5.69 Å². The summed E-state index contributed by atoms with van der Waals surface area (Å²) in [5, 5.41) is 22.8. The lowest BCUT2D eigenvalue weighted by atomic mass is 10.1. The molecule has 0 amide bonds. The average Bonchev–Trinajstić information content (AvgIpc) is 3.30. The summed E-state index contributed by atoms with van der Waals surface area (Å²) in [6, 6.07) is 12.2. The van der Waals surface area contributed by atoms with Crippen molar-refractivity contribution in [1.29, 1.82) is 0 Å². The van der Waals surface area contributed by atoms with Crippen LogP contribution >= 0.6 is 0 Å². The van der Waals surface area contributed by atoms with Gasteiger partial charge in [0, 0.05) is 25.2 Å². The first kappa shape index (κ1) is 25.8. The Hall–Kier alpha value is -3.26. The molecule has 2 aromatic heterocycles. The third-order valence-corrected chi connectivity index (χ3v) is 6.91. The van der Waals surface area contributed by atoms with Gasteiger partial charge in [-0.15, -0.1) is 5.10 Å². The fraction of sp³-hybridized carbons (Fsp3) is 0.500. The smallest absolute Gasteiger partial charge is 0.169 e. The molecule has 3 aromatic rings. The number of anilines is 1. The summed E-state index contributed by atoms with van der Waals surface area (Å²) < 4.78 is 1.72. The highest BCUT2D eigenvalue weighted by Gasteiger charge is 2.19. The van der Waals surface area contributed by atoms with Gasteiger partial charge in [0.2, 0.25) is 0 Å². The summed E-state index contributed by atoms with van der Waals surface area (Å²) in [6.07, 6.45) is 6.40. The summed E-state index contributed by atoms with van der Waals surface area (Å²) in [6.45, 7) is 10.1. The number of oxime groups is 1. The second kappa shape index (κ2) is 12.1. The molecule has 0 bridgehead atoms. The number of rotatable bonds is 10. The van der Waals surface area contributed by atoms with Gasteiger partial charge in [-0.25, -0.2) is 4.68 Å². The molecule has 2 atom stereocenters. The van der Waals surface area contributed by atoms with Crippen LogP contribution in [0.1, 0.15) is 73.5 Å².